The van der Waals surface area contributed by atoms with Crippen LogP contribution in [0.5, 0.6) is 5.75 Å². The van der Waals surface area contributed by atoms with Crippen LogP contribution in [0.3, 0.4) is 0 Å². The van der Waals surface area contributed by atoms with Gasteiger partial charge in [0.15, 0.2) is 0 Å². The fourth-order valence-corrected chi connectivity index (χ4v) is 2.90. The summed E-state index contributed by atoms with van der Waals surface area (Å²) in [6.45, 7) is 0. The molecule has 17 heavy (non-hydrogen) atoms. The summed E-state index contributed by atoms with van der Waals surface area (Å²) >= 11 is 13.3. The molecule has 5 heteroatoms. The summed E-state index contributed by atoms with van der Waals surface area (Å²) in [5.41, 5.74) is 0.615. The van der Waals surface area contributed by atoms with Crippen molar-refractivity contribution in [3.05, 3.63) is 50.1 Å². The van der Waals surface area contributed by atoms with Crippen molar-refractivity contribution >= 4 is 34.5 Å². The largest absolute Gasteiger partial charge is 0.496 e. The first-order valence-electron chi connectivity index (χ1n) is 4.88. The van der Waals surface area contributed by atoms with Crippen molar-refractivity contribution in [2.75, 3.05) is 7.11 Å². The lowest BCUT2D eigenvalue weighted by atomic mass is 10.1. The molecular formula is C12H10Cl2O2S. The molecule has 0 aliphatic heterocycles. The normalized spacial score (nSPS) is 12.5. The number of rotatable bonds is 3. The van der Waals surface area contributed by atoms with E-state index in [1.165, 1.54) is 11.3 Å². The average molecular weight is 289 g/mol. The summed E-state index contributed by atoms with van der Waals surface area (Å²) in [6.07, 6.45) is -0.823. The van der Waals surface area contributed by atoms with Crippen molar-refractivity contribution in [3.63, 3.8) is 0 Å². The van der Waals surface area contributed by atoms with Crippen LogP contribution in [0.2, 0.25) is 10.0 Å². The molecule has 2 nitrogen and oxygen atoms in total. The monoisotopic (exact) mass is 288 g/mol. The van der Waals surface area contributed by atoms with Crippen LogP contribution in [0, 0.1) is 0 Å². The zero-order valence-electron chi connectivity index (χ0n) is 8.98. The standard InChI is InChI=1S/C12H10Cl2O2S/c1-16-10-3-2-7(13)6-8(10)11(15)12-9(14)4-5-17-12/h2-6,11,15H,1H3. The Bertz CT molecular complexity index is 525. The van der Waals surface area contributed by atoms with Crippen LogP contribution in [-0.4, -0.2) is 12.2 Å². The third-order valence-corrected chi connectivity index (χ3v) is 4.03. The van der Waals surface area contributed by atoms with Crippen LogP contribution >= 0.6 is 34.5 Å². The first-order chi connectivity index (χ1) is 8.13. The number of hydrogen-bond acceptors (Lipinski definition) is 3. The van der Waals surface area contributed by atoms with Gasteiger partial charge in [-0.05, 0) is 29.6 Å². The van der Waals surface area contributed by atoms with Crippen LogP contribution in [0.25, 0.3) is 0 Å². The highest BCUT2D eigenvalue weighted by molar-refractivity contribution is 7.10. The molecule has 1 atom stereocenters. The molecule has 0 spiro atoms. The topological polar surface area (TPSA) is 29.5 Å². The van der Waals surface area contributed by atoms with Crippen molar-refractivity contribution in [1.29, 1.82) is 0 Å². The van der Waals surface area contributed by atoms with Crippen LogP contribution < -0.4 is 4.74 Å². The maximum absolute atomic E-state index is 10.3. The Balaban J connectivity index is 2.46. The predicted octanol–water partition coefficient (Wildman–Crippen LogP) is 4.15. The average Bonchev–Trinajstić information content (AvgIpc) is 2.74. The number of benzene rings is 1. The van der Waals surface area contributed by atoms with Gasteiger partial charge in [0.05, 0.1) is 17.0 Å². The third-order valence-electron chi connectivity index (χ3n) is 2.38. The zero-order valence-corrected chi connectivity index (χ0v) is 11.3. The van der Waals surface area contributed by atoms with Gasteiger partial charge in [-0.3, -0.25) is 0 Å². The molecule has 0 bridgehead atoms. The van der Waals surface area contributed by atoms with E-state index in [-0.39, 0.29) is 0 Å². The molecule has 0 fully saturated rings. The van der Waals surface area contributed by atoms with Crippen molar-refractivity contribution < 1.29 is 9.84 Å². The highest BCUT2D eigenvalue weighted by Gasteiger charge is 2.19. The smallest absolute Gasteiger partial charge is 0.125 e. The fraction of sp³-hybridized carbons (Fsp3) is 0.167. The van der Waals surface area contributed by atoms with Gasteiger partial charge in [-0.25, -0.2) is 0 Å². The number of ether oxygens (including phenoxy) is 1. The fourth-order valence-electron chi connectivity index (χ4n) is 1.56. The van der Waals surface area contributed by atoms with Crippen molar-refractivity contribution in [1.82, 2.24) is 0 Å². The van der Waals surface area contributed by atoms with E-state index < -0.39 is 6.10 Å². The minimum atomic E-state index is -0.823. The number of thiophene rings is 1. The molecule has 2 aromatic rings. The van der Waals surface area contributed by atoms with Gasteiger partial charge >= 0.3 is 0 Å². The Kier molecular flexibility index (Phi) is 3.94. The van der Waals surface area contributed by atoms with E-state index in [0.29, 0.717) is 26.2 Å². The zero-order chi connectivity index (χ0) is 12.4. The molecule has 1 aromatic carbocycles. The van der Waals surface area contributed by atoms with Crippen molar-refractivity contribution in [3.8, 4) is 5.75 Å². The van der Waals surface area contributed by atoms with E-state index in [0.717, 1.165) is 0 Å². The summed E-state index contributed by atoms with van der Waals surface area (Å²) in [5.74, 6) is 0.589. The molecule has 2 rings (SSSR count). The molecule has 0 aliphatic carbocycles. The third kappa shape index (κ3) is 2.58. The van der Waals surface area contributed by atoms with E-state index in [2.05, 4.69) is 0 Å². The van der Waals surface area contributed by atoms with Gasteiger partial charge in [0, 0.05) is 10.6 Å². The summed E-state index contributed by atoms with van der Waals surface area (Å²) < 4.78 is 5.20. The minimum absolute atomic E-state index is 0.546. The van der Waals surface area contributed by atoms with Crippen molar-refractivity contribution in [2.24, 2.45) is 0 Å². The van der Waals surface area contributed by atoms with Crippen LogP contribution in [0.4, 0.5) is 0 Å². The Morgan fingerprint density at radius 2 is 2.06 bits per heavy atom. The Morgan fingerprint density at radius 3 is 2.65 bits per heavy atom. The highest BCUT2D eigenvalue weighted by atomic mass is 35.5. The van der Waals surface area contributed by atoms with E-state index in [1.807, 2.05) is 5.38 Å². The van der Waals surface area contributed by atoms with Gasteiger partial charge in [0.25, 0.3) is 0 Å². The molecule has 1 N–H and O–H groups in total. The predicted molar refractivity (Wildman–Crippen MR) is 71.4 cm³/mol. The SMILES string of the molecule is COc1ccc(Cl)cc1C(O)c1sccc1Cl. The van der Waals surface area contributed by atoms with E-state index >= 15 is 0 Å². The molecule has 1 aromatic heterocycles. The second kappa shape index (κ2) is 5.27. The van der Waals surface area contributed by atoms with E-state index in [1.54, 1.807) is 31.4 Å². The number of aliphatic hydroxyl groups is 1. The molecule has 0 saturated heterocycles. The second-order valence-corrected chi connectivity index (χ2v) is 5.21. The van der Waals surface area contributed by atoms with Gasteiger partial charge in [-0.1, -0.05) is 23.2 Å². The van der Waals surface area contributed by atoms with E-state index in [4.69, 9.17) is 27.9 Å². The van der Waals surface area contributed by atoms with Gasteiger partial charge in [-0.2, -0.15) is 0 Å². The molecule has 0 amide bonds. The van der Waals surface area contributed by atoms with Crippen molar-refractivity contribution in [2.45, 2.75) is 6.10 Å². The van der Waals surface area contributed by atoms with Crippen LogP contribution in [0.1, 0.15) is 16.5 Å². The summed E-state index contributed by atoms with van der Waals surface area (Å²) in [7, 11) is 1.55. The molecular weight excluding hydrogens is 279 g/mol. The first-order valence-corrected chi connectivity index (χ1v) is 6.51. The van der Waals surface area contributed by atoms with Gasteiger partial charge in [0.2, 0.25) is 0 Å². The molecule has 0 saturated carbocycles. The number of aliphatic hydroxyl groups excluding tert-OH is 1. The van der Waals surface area contributed by atoms with Crippen LogP contribution in [-0.2, 0) is 0 Å². The molecule has 0 aliphatic rings. The molecule has 90 valence electrons. The lowest BCUT2D eigenvalue weighted by Gasteiger charge is -2.14. The van der Waals surface area contributed by atoms with Gasteiger partial charge in [0.1, 0.15) is 11.9 Å². The molecule has 1 unspecified atom stereocenters. The van der Waals surface area contributed by atoms with E-state index in [9.17, 15) is 5.11 Å². The number of hydrogen-bond donors (Lipinski definition) is 1. The van der Waals surface area contributed by atoms with Gasteiger partial charge < -0.3 is 9.84 Å². The lowest BCUT2D eigenvalue weighted by molar-refractivity contribution is 0.218. The summed E-state index contributed by atoms with van der Waals surface area (Å²) in [6, 6.07) is 6.87. The van der Waals surface area contributed by atoms with Gasteiger partial charge in [-0.15, -0.1) is 11.3 Å². The minimum Gasteiger partial charge on any atom is -0.496 e. The number of methoxy groups -OCH3 is 1. The highest BCUT2D eigenvalue weighted by Crippen LogP contribution is 2.37. The summed E-state index contributed by atoms with van der Waals surface area (Å²) in [4.78, 5) is 0.687. The quantitative estimate of drug-likeness (QED) is 0.920. The second-order valence-electron chi connectivity index (χ2n) is 3.42. The van der Waals surface area contributed by atoms with Crippen LogP contribution in [0.15, 0.2) is 29.6 Å². The maximum Gasteiger partial charge on any atom is 0.125 e. The molecule has 0 radical (unpaired) electrons. The first kappa shape index (κ1) is 12.7. The Morgan fingerprint density at radius 1 is 1.29 bits per heavy atom. The lowest BCUT2D eigenvalue weighted by Crippen LogP contribution is -2.01. The summed E-state index contributed by atoms with van der Waals surface area (Å²) in [5, 5.41) is 13.2. The molecule has 1 heterocycles. The Hall–Kier alpha value is -0.740. The maximum atomic E-state index is 10.3. The number of halogens is 2. The Labute approximate surface area is 113 Å².